The molecule has 1 amide bonds. The molecule has 2 rings (SSSR count). The Morgan fingerprint density at radius 3 is 2.40 bits per heavy atom. The molecule has 0 unspecified atom stereocenters. The molecule has 134 valence electrons. The largest absolute Gasteiger partial charge is 0.491 e. The predicted molar refractivity (Wildman–Crippen MR) is 100 cm³/mol. The van der Waals surface area contributed by atoms with Crippen LogP contribution in [0.1, 0.15) is 30.5 Å². The second kappa shape index (κ2) is 8.56. The summed E-state index contributed by atoms with van der Waals surface area (Å²) >= 11 is 0. The highest BCUT2D eigenvalue weighted by Crippen LogP contribution is 2.21. The Morgan fingerprint density at radius 1 is 1.04 bits per heavy atom. The predicted octanol–water partition coefficient (Wildman–Crippen LogP) is 3.96. The number of nitrogens with one attached hydrogen (secondary N) is 1. The second-order valence-electron chi connectivity index (χ2n) is 6.49. The summed E-state index contributed by atoms with van der Waals surface area (Å²) in [7, 11) is 0. The van der Waals surface area contributed by atoms with Crippen LogP contribution < -0.4 is 14.8 Å². The van der Waals surface area contributed by atoms with Crippen molar-refractivity contribution >= 4 is 5.91 Å². The van der Waals surface area contributed by atoms with Gasteiger partial charge in [0.1, 0.15) is 18.1 Å². The molecule has 0 radical (unpaired) electrons. The van der Waals surface area contributed by atoms with Crippen LogP contribution in [0.2, 0.25) is 0 Å². The van der Waals surface area contributed by atoms with E-state index in [-0.39, 0.29) is 11.9 Å². The third kappa shape index (κ3) is 5.52. The quantitative estimate of drug-likeness (QED) is 0.829. The number of amides is 1. The van der Waals surface area contributed by atoms with E-state index in [1.165, 1.54) is 5.56 Å². The first-order valence-corrected chi connectivity index (χ1v) is 8.59. The van der Waals surface area contributed by atoms with Crippen LogP contribution in [0.25, 0.3) is 0 Å². The summed E-state index contributed by atoms with van der Waals surface area (Å²) in [5, 5.41) is 2.93. The lowest BCUT2D eigenvalue weighted by Gasteiger charge is -2.20. The van der Waals surface area contributed by atoms with E-state index >= 15 is 0 Å². The van der Waals surface area contributed by atoms with Crippen LogP contribution >= 0.6 is 0 Å². The molecule has 4 heteroatoms. The molecule has 2 aromatic rings. The molecule has 0 aliphatic carbocycles. The normalized spacial score (nSPS) is 13.0. The van der Waals surface area contributed by atoms with Gasteiger partial charge in [0, 0.05) is 0 Å². The lowest BCUT2D eigenvalue weighted by molar-refractivity contribution is -0.128. The molecule has 0 fully saturated rings. The second-order valence-corrected chi connectivity index (χ2v) is 6.49. The highest BCUT2D eigenvalue weighted by Gasteiger charge is 2.18. The zero-order valence-electron chi connectivity index (χ0n) is 15.6. The fourth-order valence-corrected chi connectivity index (χ4v) is 2.35. The lowest BCUT2D eigenvalue weighted by atomic mass is 10.1. The van der Waals surface area contributed by atoms with Crippen molar-refractivity contribution in [1.82, 2.24) is 5.32 Å². The monoisotopic (exact) mass is 341 g/mol. The third-order valence-corrected chi connectivity index (χ3v) is 4.14. The van der Waals surface area contributed by atoms with E-state index in [0.29, 0.717) is 6.61 Å². The van der Waals surface area contributed by atoms with Gasteiger partial charge in [0.05, 0.1) is 6.04 Å². The third-order valence-electron chi connectivity index (χ3n) is 4.14. The molecule has 4 nitrogen and oxygen atoms in total. The Morgan fingerprint density at radius 2 is 1.72 bits per heavy atom. The molecule has 0 aromatic heterocycles. The minimum Gasteiger partial charge on any atom is -0.491 e. The van der Waals surface area contributed by atoms with Crippen LogP contribution in [0.4, 0.5) is 0 Å². The van der Waals surface area contributed by atoms with E-state index in [0.717, 1.165) is 22.6 Å². The summed E-state index contributed by atoms with van der Waals surface area (Å²) < 4.78 is 11.5. The average Bonchev–Trinajstić information content (AvgIpc) is 2.58. The van der Waals surface area contributed by atoms with Crippen molar-refractivity contribution in [2.24, 2.45) is 0 Å². The first-order chi connectivity index (χ1) is 11.9. The van der Waals surface area contributed by atoms with E-state index in [2.05, 4.69) is 5.32 Å². The van der Waals surface area contributed by atoms with Gasteiger partial charge in [0.25, 0.3) is 5.91 Å². The molecule has 0 saturated carbocycles. The highest BCUT2D eigenvalue weighted by atomic mass is 16.5. The Kier molecular flexibility index (Phi) is 6.45. The van der Waals surface area contributed by atoms with Crippen molar-refractivity contribution < 1.29 is 14.3 Å². The van der Waals surface area contributed by atoms with E-state index < -0.39 is 6.10 Å². The maximum atomic E-state index is 12.3. The smallest absolute Gasteiger partial charge is 0.261 e. The van der Waals surface area contributed by atoms with Crippen LogP contribution in [0.15, 0.2) is 42.5 Å². The van der Waals surface area contributed by atoms with Crippen molar-refractivity contribution in [3.63, 3.8) is 0 Å². The molecule has 2 atom stereocenters. The fourth-order valence-electron chi connectivity index (χ4n) is 2.35. The number of carbonyl (C=O) groups is 1. The van der Waals surface area contributed by atoms with Crippen LogP contribution in [-0.4, -0.2) is 24.7 Å². The highest BCUT2D eigenvalue weighted by molar-refractivity contribution is 5.81. The molecular formula is C21H27NO3. The van der Waals surface area contributed by atoms with Gasteiger partial charge in [-0.25, -0.2) is 0 Å². The summed E-state index contributed by atoms with van der Waals surface area (Å²) in [4.78, 5) is 12.3. The van der Waals surface area contributed by atoms with Crippen LogP contribution in [0, 0.1) is 20.8 Å². The van der Waals surface area contributed by atoms with Gasteiger partial charge in [0.2, 0.25) is 0 Å². The molecule has 0 aliphatic heterocycles. The molecule has 0 aliphatic rings. The molecule has 0 saturated heterocycles. The van der Waals surface area contributed by atoms with E-state index in [1.54, 1.807) is 6.92 Å². The molecule has 0 bridgehead atoms. The minimum atomic E-state index is -0.567. The Hall–Kier alpha value is -2.49. The number of hydrogen-bond acceptors (Lipinski definition) is 3. The van der Waals surface area contributed by atoms with Crippen molar-refractivity contribution in [3.8, 4) is 11.5 Å². The van der Waals surface area contributed by atoms with Crippen molar-refractivity contribution in [2.75, 3.05) is 6.61 Å². The maximum Gasteiger partial charge on any atom is 0.261 e. The standard InChI is InChI=1S/C21H27NO3/c1-14-9-11-19(12-10-14)24-13-16(3)22-21(23)18(5)25-20-8-6-7-15(2)17(20)4/h6-12,16,18H,13H2,1-5H3,(H,22,23)/t16-,18+/m0/s1. The van der Waals surface area contributed by atoms with Gasteiger partial charge in [-0.1, -0.05) is 29.8 Å². The number of aryl methyl sites for hydroxylation is 2. The zero-order chi connectivity index (χ0) is 18.4. The number of ether oxygens (including phenoxy) is 2. The molecule has 2 aromatic carbocycles. The van der Waals surface area contributed by atoms with E-state index in [1.807, 2.05) is 70.2 Å². The molecule has 0 spiro atoms. The van der Waals surface area contributed by atoms with Crippen molar-refractivity contribution in [1.29, 1.82) is 0 Å². The summed E-state index contributed by atoms with van der Waals surface area (Å²) in [6.07, 6.45) is -0.567. The SMILES string of the molecule is Cc1ccc(OC[C@H](C)NC(=O)[C@@H](C)Oc2cccc(C)c2C)cc1. The fraction of sp³-hybridized carbons (Fsp3) is 0.381. The Balaban J connectivity index is 1.83. The van der Waals surface area contributed by atoms with Gasteiger partial charge >= 0.3 is 0 Å². The lowest BCUT2D eigenvalue weighted by Crippen LogP contribution is -2.43. The topological polar surface area (TPSA) is 47.6 Å². The van der Waals surface area contributed by atoms with E-state index in [9.17, 15) is 4.79 Å². The average molecular weight is 341 g/mol. The molecule has 25 heavy (non-hydrogen) atoms. The van der Waals surface area contributed by atoms with Gasteiger partial charge in [-0.2, -0.15) is 0 Å². The van der Waals surface area contributed by atoms with Crippen LogP contribution in [0.3, 0.4) is 0 Å². The van der Waals surface area contributed by atoms with Gasteiger partial charge in [-0.05, 0) is 63.9 Å². The zero-order valence-corrected chi connectivity index (χ0v) is 15.6. The summed E-state index contributed by atoms with van der Waals surface area (Å²) in [5.41, 5.74) is 3.38. The van der Waals surface area contributed by atoms with Crippen LogP contribution in [-0.2, 0) is 4.79 Å². The summed E-state index contributed by atoms with van der Waals surface area (Å²) in [6, 6.07) is 13.6. The first-order valence-electron chi connectivity index (χ1n) is 8.59. The molecule has 0 heterocycles. The minimum absolute atomic E-state index is 0.113. The number of carbonyl (C=O) groups excluding carboxylic acids is 1. The van der Waals surface area contributed by atoms with Gasteiger partial charge < -0.3 is 14.8 Å². The summed E-state index contributed by atoms with van der Waals surface area (Å²) in [5.74, 6) is 1.39. The van der Waals surface area contributed by atoms with Gasteiger partial charge in [-0.15, -0.1) is 0 Å². The number of hydrogen-bond donors (Lipinski definition) is 1. The first kappa shape index (κ1) is 18.8. The molecular weight excluding hydrogens is 314 g/mol. The van der Waals surface area contributed by atoms with Gasteiger partial charge in [-0.3, -0.25) is 4.79 Å². The number of benzene rings is 2. The van der Waals surface area contributed by atoms with E-state index in [4.69, 9.17) is 9.47 Å². The Bertz CT molecular complexity index is 710. The molecule has 1 N–H and O–H groups in total. The van der Waals surface area contributed by atoms with Gasteiger partial charge in [0.15, 0.2) is 6.10 Å². The maximum absolute atomic E-state index is 12.3. The Labute approximate surface area is 150 Å². The van der Waals surface area contributed by atoms with Crippen molar-refractivity contribution in [2.45, 2.75) is 46.8 Å². The van der Waals surface area contributed by atoms with Crippen LogP contribution in [0.5, 0.6) is 11.5 Å². The summed E-state index contributed by atoms with van der Waals surface area (Å²) in [6.45, 7) is 10.1. The number of rotatable bonds is 7. The van der Waals surface area contributed by atoms with Crippen molar-refractivity contribution in [3.05, 3.63) is 59.2 Å².